The van der Waals surface area contributed by atoms with E-state index in [9.17, 15) is 9.50 Å². The predicted octanol–water partition coefficient (Wildman–Crippen LogP) is 3.15. The highest BCUT2D eigenvalue weighted by Gasteiger charge is 2.26. The molecule has 1 N–H and O–H groups in total. The number of rotatable bonds is 4. The van der Waals surface area contributed by atoms with Gasteiger partial charge in [0.1, 0.15) is 17.7 Å². The van der Waals surface area contributed by atoms with E-state index < -0.39 is 6.10 Å². The zero-order chi connectivity index (χ0) is 12.3. The van der Waals surface area contributed by atoms with Gasteiger partial charge in [0.2, 0.25) is 0 Å². The first-order valence-corrected chi connectivity index (χ1v) is 7.23. The van der Waals surface area contributed by atoms with Crippen LogP contribution in [0.1, 0.15) is 30.9 Å². The van der Waals surface area contributed by atoms with Crippen LogP contribution in [0.5, 0.6) is 5.75 Å². The van der Waals surface area contributed by atoms with E-state index in [4.69, 9.17) is 4.74 Å². The lowest BCUT2D eigenvalue weighted by atomic mass is 9.97. The van der Waals surface area contributed by atoms with Crippen molar-refractivity contribution in [1.29, 1.82) is 0 Å². The van der Waals surface area contributed by atoms with Gasteiger partial charge in [0, 0.05) is 12.0 Å². The molecule has 0 amide bonds. The summed E-state index contributed by atoms with van der Waals surface area (Å²) in [5.74, 6) is 1.40. The minimum atomic E-state index is -0.603. The van der Waals surface area contributed by atoms with Crippen LogP contribution in [0.4, 0.5) is 4.39 Å². The van der Waals surface area contributed by atoms with Crippen LogP contribution < -0.4 is 4.74 Å². The molecular formula is C13H17FO2S. The molecule has 0 spiro atoms. The fraction of sp³-hybridized carbons (Fsp3) is 0.538. The maximum atomic E-state index is 13.0. The highest BCUT2D eigenvalue weighted by atomic mass is 32.2. The summed E-state index contributed by atoms with van der Waals surface area (Å²) in [6, 6.07) is 4.34. The number of thioether (sulfide) groups is 1. The van der Waals surface area contributed by atoms with E-state index in [2.05, 4.69) is 6.26 Å². The number of hydrogen-bond acceptors (Lipinski definition) is 3. The lowest BCUT2D eigenvalue weighted by Crippen LogP contribution is -2.25. The summed E-state index contributed by atoms with van der Waals surface area (Å²) in [6.45, 7) is 0. The number of aliphatic hydroxyl groups is 1. The molecule has 0 bridgehead atoms. The second-order valence-corrected chi connectivity index (χ2v) is 5.29. The molecule has 0 radical (unpaired) electrons. The van der Waals surface area contributed by atoms with E-state index in [1.165, 1.54) is 12.1 Å². The van der Waals surface area contributed by atoms with Gasteiger partial charge in [-0.25, -0.2) is 4.39 Å². The van der Waals surface area contributed by atoms with Gasteiger partial charge < -0.3 is 9.84 Å². The number of halogens is 1. The number of aliphatic hydroxyl groups excluding tert-OH is 1. The topological polar surface area (TPSA) is 29.5 Å². The van der Waals surface area contributed by atoms with Crippen molar-refractivity contribution in [3.63, 3.8) is 0 Å². The summed E-state index contributed by atoms with van der Waals surface area (Å²) in [7, 11) is 0. The smallest absolute Gasteiger partial charge is 0.125 e. The Labute approximate surface area is 105 Å². The Bertz CT molecular complexity index is 384. The zero-order valence-electron chi connectivity index (χ0n) is 9.86. The number of hydrogen-bond donors (Lipinski definition) is 1. The molecule has 1 aromatic rings. The molecule has 1 unspecified atom stereocenters. The van der Waals surface area contributed by atoms with Crippen LogP contribution in [0.15, 0.2) is 18.2 Å². The van der Waals surface area contributed by atoms with Gasteiger partial charge in [0.05, 0.1) is 6.10 Å². The van der Waals surface area contributed by atoms with Crippen LogP contribution in [0, 0.1) is 5.82 Å². The number of fused-ring (bicyclic) bond motifs is 1. The normalized spacial score (nSPS) is 23.0. The van der Waals surface area contributed by atoms with Gasteiger partial charge in [-0.05, 0) is 43.0 Å². The fourth-order valence-corrected chi connectivity index (χ4v) is 2.58. The molecule has 0 saturated heterocycles. The molecule has 1 aromatic carbocycles. The van der Waals surface area contributed by atoms with Crippen LogP contribution >= 0.6 is 11.8 Å². The summed E-state index contributed by atoms with van der Waals surface area (Å²) in [5.41, 5.74) is 0.575. The highest BCUT2D eigenvalue weighted by molar-refractivity contribution is 7.98. The van der Waals surface area contributed by atoms with E-state index in [1.54, 1.807) is 6.07 Å². The van der Waals surface area contributed by atoms with E-state index in [-0.39, 0.29) is 11.9 Å². The van der Waals surface area contributed by atoms with Crippen molar-refractivity contribution < 1.29 is 14.2 Å². The van der Waals surface area contributed by atoms with Gasteiger partial charge in [-0.1, -0.05) is 0 Å². The third-order valence-electron chi connectivity index (χ3n) is 2.99. The van der Waals surface area contributed by atoms with Crippen molar-refractivity contribution in [2.75, 3.05) is 12.0 Å². The Morgan fingerprint density at radius 2 is 2.35 bits per heavy atom. The Balaban J connectivity index is 2.03. The van der Waals surface area contributed by atoms with Crippen molar-refractivity contribution in [3.05, 3.63) is 29.6 Å². The van der Waals surface area contributed by atoms with Gasteiger partial charge in [0.25, 0.3) is 0 Å². The van der Waals surface area contributed by atoms with Gasteiger partial charge in [-0.2, -0.15) is 11.8 Å². The summed E-state index contributed by atoms with van der Waals surface area (Å²) in [4.78, 5) is 0. The first-order chi connectivity index (χ1) is 8.20. The van der Waals surface area contributed by atoms with Crippen molar-refractivity contribution in [2.45, 2.75) is 31.5 Å². The standard InChI is InChI=1S/C13H17FO2S/c1-17-6-2-3-10-8-12(15)11-7-9(14)4-5-13(11)16-10/h4-5,7,10,12,15H,2-3,6,8H2,1H3/t10?,12-/m1/s1. The van der Waals surface area contributed by atoms with Gasteiger partial charge in [-0.3, -0.25) is 0 Å². The average molecular weight is 256 g/mol. The molecule has 1 aliphatic rings. The highest BCUT2D eigenvalue weighted by Crippen LogP contribution is 2.36. The summed E-state index contributed by atoms with van der Waals surface area (Å²) < 4.78 is 18.8. The molecule has 94 valence electrons. The van der Waals surface area contributed by atoms with E-state index in [1.807, 2.05) is 11.8 Å². The molecule has 0 fully saturated rings. The molecular weight excluding hydrogens is 239 g/mol. The molecule has 1 heterocycles. The molecule has 2 atom stereocenters. The quantitative estimate of drug-likeness (QED) is 0.839. The number of ether oxygens (including phenoxy) is 1. The molecule has 0 aromatic heterocycles. The Morgan fingerprint density at radius 1 is 1.53 bits per heavy atom. The molecule has 1 aliphatic heterocycles. The number of benzene rings is 1. The second kappa shape index (κ2) is 5.74. The summed E-state index contributed by atoms with van der Waals surface area (Å²) >= 11 is 1.81. The molecule has 17 heavy (non-hydrogen) atoms. The Kier molecular flexibility index (Phi) is 4.29. The minimum Gasteiger partial charge on any atom is -0.490 e. The van der Waals surface area contributed by atoms with Crippen molar-refractivity contribution in [3.8, 4) is 5.75 Å². The van der Waals surface area contributed by atoms with Crippen molar-refractivity contribution >= 4 is 11.8 Å². The van der Waals surface area contributed by atoms with Crippen LogP contribution in [-0.2, 0) is 0 Å². The third-order valence-corrected chi connectivity index (χ3v) is 3.68. The van der Waals surface area contributed by atoms with Crippen LogP contribution in [0.25, 0.3) is 0 Å². The Morgan fingerprint density at radius 3 is 3.12 bits per heavy atom. The maximum absolute atomic E-state index is 13.0. The maximum Gasteiger partial charge on any atom is 0.125 e. The average Bonchev–Trinajstić information content (AvgIpc) is 2.31. The van der Waals surface area contributed by atoms with E-state index in [0.717, 1.165) is 18.6 Å². The molecule has 0 aliphatic carbocycles. The minimum absolute atomic E-state index is 0.0510. The molecule has 0 saturated carbocycles. The van der Waals surface area contributed by atoms with E-state index >= 15 is 0 Å². The van der Waals surface area contributed by atoms with Crippen molar-refractivity contribution in [1.82, 2.24) is 0 Å². The zero-order valence-corrected chi connectivity index (χ0v) is 10.7. The lowest BCUT2D eigenvalue weighted by Gasteiger charge is -2.29. The first kappa shape index (κ1) is 12.7. The van der Waals surface area contributed by atoms with Crippen LogP contribution in [0.2, 0.25) is 0 Å². The van der Waals surface area contributed by atoms with E-state index in [0.29, 0.717) is 17.7 Å². The SMILES string of the molecule is CSCCCC1C[C@@H](O)c2cc(F)ccc2O1. The second-order valence-electron chi connectivity index (χ2n) is 4.31. The first-order valence-electron chi connectivity index (χ1n) is 5.84. The van der Waals surface area contributed by atoms with Gasteiger partial charge in [0.15, 0.2) is 0 Å². The molecule has 2 rings (SSSR count). The monoisotopic (exact) mass is 256 g/mol. The Hall–Kier alpha value is -0.740. The summed E-state index contributed by atoms with van der Waals surface area (Å²) in [5, 5.41) is 9.96. The van der Waals surface area contributed by atoms with Gasteiger partial charge in [-0.15, -0.1) is 0 Å². The molecule has 4 heteroatoms. The van der Waals surface area contributed by atoms with Crippen LogP contribution in [-0.4, -0.2) is 23.2 Å². The summed E-state index contributed by atoms with van der Waals surface area (Å²) in [6.07, 6.45) is 4.10. The largest absolute Gasteiger partial charge is 0.490 e. The predicted molar refractivity (Wildman–Crippen MR) is 68.0 cm³/mol. The lowest BCUT2D eigenvalue weighted by molar-refractivity contribution is 0.0612. The van der Waals surface area contributed by atoms with Gasteiger partial charge >= 0.3 is 0 Å². The molecule has 2 nitrogen and oxygen atoms in total. The van der Waals surface area contributed by atoms with Crippen LogP contribution in [0.3, 0.4) is 0 Å². The van der Waals surface area contributed by atoms with Crippen molar-refractivity contribution in [2.24, 2.45) is 0 Å². The third kappa shape index (κ3) is 3.13. The fourth-order valence-electron chi connectivity index (χ4n) is 2.12.